The van der Waals surface area contributed by atoms with Crippen LogP contribution in [0.2, 0.25) is 0 Å². The predicted octanol–water partition coefficient (Wildman–Crippen LogP) is 4.70. The smallest absolute Gasteiger partial charge is 0.306 e. The van der Waals surface area contributed by atoms with E-state index in [2.05, 4.69) is 20.8 Å². The maximum Gasteiger partial charge on any atom is 0.306 e. The second-order valence-electron chi connectivity index (χ2n) is 7.26. The van der Waals surface area contributed by atoms with Crippen molar-refractivity contribution in [3.63, 3.8) is 0 Å². The first-order valence-corrected chi connectivity index (χ1v) is 9.60. The first-order chi connectivity index (χ1) is 11.9. The summed E-state index contributed by atoms with van der Waals surface area (Å²) in [6, 6.07) is 0. The third-order valence-electron chi connectivity index (χ3n) is 5.39. The Kier molecular flexibility index (Phi) is 9.36. The lowest BCUT2D eigenvalue weighted by Crippen LogP contribution is -2.45. The molecule has 0 bridgehead atoms. The van der Waals surface area contributed by atoms with Crippen LogP contribution in [0.25, 0.3) is 0 Å². The normalized spacial score (nSPS) is 28.2. The van der Waals surface area contributed by atoms with Crippen molar-refractivity contribution in [2.45, 2.75) is 90.8 Å². The van der Waals surface area contributed by atoms with Crippen LogP contribution in [-0.2, 0) is 19.4 Å². The molecule has 5 heteroatoms. The van der Waals surface area contributed by atoms with Gasteiger partial charge in [0, 0.05) is 0 Å². The second kappa shape index (κ2) is 10.7. The molecule has 0 aromatic carbocycles. The molecule has 1 heterocycles. The zero-order valence-corrected chi connectivity index (χ0v) is 16.1. The van der Waals surface area contributed by atoms with E-state index in [9.17, 15) is 9.59 Å². The van der Waals surface area contributed by atoms with Gasteiger partial charge in [-0.25, -0.2) is 9.78 Å². The lowest BCUT2D eigenvalue weighted by Gasteiger charge is -2.42. The third kappa shape index (κ3) is 7.28. The number of carboxylic acids is 1. The Morgan fingerprint density at radius 1 is 1.32 bits per heavy atom. The number of carbonyl (C=O) groups is 2. The molecule has 4 atom stereocenters. The number of ketones is 1. The fourth-order valence-electron chi connectivity index (χ4n) is 3.58. The van der Waals surface area contributed by atoms with E-state index in [1.54, 1.807) is 13.0 Å². The molecule has 0 aromatic rings. The number of aliphatic carboxylic acids is 1. The molecule has 144 valence electrons. The topological polar surface area (TPSA) is 72.8 Å². The van der Waals surface area contributed by atoms with Gasteiger partial charge in [-0.1, -0.05) is 33.3 Å². The summed E-state index contributed by atoms with van der Waals surface area (Å²) in [6.45, 7) is 7.88. The summed E-state index contributed by atoms with van der Waals surface area (Å²) in [5.41, 5.74) is -0.321. The summed E-state index contributed by atoms with van der Waals surface area (Å²) in [5, 5.41) is 9.02. The molecule has 25 heavy (non-hydrogen) atoms. The lowest BCUT2D eigenvalue weighted by molar-refractivity contribution is -0.423. The highest BCUT2D eigenvalue weighted by Crippen LogP contribution is 2.40. The van der Waals surface area contributed by atoms with E-state index in [0.29, 0.717) is 5.92 Å². The Balaban J connectivity index is 2.59. The number of rotatable bonds is 11. The molecule has 1 aliphatic heterocycles. The van der Waals surface area contributed by atoms with Crippen molar-refractivity contribution in [3.05, 3.63) is 12.2 Å². The number of carboxylic acid groups (broad SMARTS) is 1. The van der Waals surface area contributed by atoms with Crippen LogP contribution in [0.4, 0.5) is 0 Å². The minimum Gasteiger partial charge on any atom is -0.481 e. The van der Waals surface area contributed by atoms with E-state index in [-0.39, 0.29) is 29.8 Å². The predicted molar refractivity (Wildman–Crippen MR) is 97.1 cm³/mol. The number of hydrogen-bond donors (Lipinski definition) is 1. The van der Waals surface area contributed by atoms with Crippen molar-refractivity contribution in [2.75, 3.05) is 0 Å². The first-order valence-electron chi connectivity index (χ1n) is 9.60. The van der Waals surface area contributed by atoms with Crippen molar-refractivity contribution in [1.29, 1.82) is 0 Å². The van der Waals surface area contributed by atoms with E-state index < -0.39 is 5.97 Å². The van der Waals surface area contributed by atoms with Crippen LogP contribution in [0.3, 0.4) is 0 Å². The van der Waals surface area contributed by atoms with Gasteiger partial charge >= 0.3 is 5.97 Å². The Morgan fingerprint density at radius 3 is 2.56 bits per heavy atom. The largest absolute Gasteiger partial charge is 0.481 e. The van der Waals surface area contributed by atoms with Gasteiger partial charge in [0.2, 0.25) is 0 Å². The Hall–Kier alpha value is -1.20. The van der Waals surface area contributed by atoms with E-state index in [0.717, 1.165) is 44.9 Å². The van der Waals surface area contributed by atoms with Gasteiger partial charge in [-0.05, 0) is 63.4 Å². The summed E-state index contributed by atoms with van der Waals surface area (Å²) < 4.78 is 0. The number of carbonyl (C=O) groups excluding carboxylic acids is 1. The minimum atomic E-state index is -0.848. The van der Waals surface area contributed by atoms with Crippen molar-refractivity contribution >= 4 is 11.8 Å². The fraction of sp³-hybridized carbons (Fsp3) is 0.800. The first kappa shape index (κ1) is 21.8. The minimum absolute atomic E-state index is 0.00789. The molecule has 0 saturated carbocycles. The summed E-state index contributed by atoms with van der Waals surface area (Å²) in [4.78, 5) is 33.3. The summed E-state index contributed by atoms with van der Waals surface area (Å²) in [5.74, 6) is -0.143. The van der Waals surface area contributed by atoms with Crippen LogP contribution in [0, 0.1) is 11.8 Å². The fourth-order valence-corrected chi connectivity index (χ4v) is 3.58. The molecule has 0 radical (unpaired) electrons. The van der Waals surface area contributed by atoms with Gasteiger partial charge in [-0.15, -0.1) is 0 Å². The molecular formula is C20H34O5. The van der Waals surface area contributed by atoms with Crippen molar-refractivity contribution in [2.24, 2.45) is 11.8 Å². The van der Waals surface area contributed by atoms with Crippen molar-refractivity contribution in [1.82, 2.24) is 0 Å². The monoisotopic (exact) mass is 354 g/mol. The number of hydrogen-bond acceptors (Lipinski definition) is 4. The molecule has 1 aliphatic rings. The summed E-state index contributed by atoms with van der Waals surface area (Å²) in [7, 11) is 0. The Labute approximate surface area is 151 Å². The zero-order valence-electron chi connectivity index (χ0n) is 16.1. The van der Waals surface area contributed by atoms with Crippen LogP contribution >= 0.6 is 0 Å². The van der Waals surface area contributed by atoms with Gasteiger partial charge in [0.15, 0.2) is 5.78 Å². The Morgan fingerprint density at radius 2 is 2.04 bits per heavy atom. The van der Waals surface area contributed by atoms with Crippen LogP contribution in [-0.4, -0.2) is 28.6 Å². The highest BCUT2D eigenvalue weighted by atomic mass is 17.2. The Bertz CT molecular complexity index is 459. The van der Waals surface area contributed by atoms with Crippen LogP contribution in [0.5, 0.6) is 0 Å². The van der Waals surface area contributed by atoms with Crippen LogP contribution in [0.15, 0.2) is 12.2 Å². The maximum atomic E-state index is 11.1. The molecule has 4 unspecified atom stereocenters. The maximum absolute atomic E-state index is 11.1. The van der Waals surface area contributed by atoms with E-state index >= 15 is 0 Å². The third-order valence-corrected chi connectivity index (χ3v) is 5.39. The SMILES string of the molecule is CCC(C=CC(C)=O)CCCC1(CC)CC(CC)C(CC(=O)O)OO1. The van der Waals surface area contributed by atoms with Gasteiger partial charge in [0.05, 0.1) is 6.42 Å². The van der Waals surface area contributed by atoms with Crippen molar-refractivity contribution in [3.8, 4) is 0 Å². The number of allylic oxidation sites excluding steroid dienone is 2. The van der Waals surface area contributed by atoms with E-state index in [1.165, 1.54) is 0 Å². The molecule has 1 saturated heterocycles. The van der Waals surface area contributed by atoms with E-state index in [4.69, 9.17) is 14.9 Å². The molecule has 5 nitrogen and oxygen atoms in total. The quantitative estimate of drug-likeness (QED) is 0.430. The van der Waals surface area contributed by atoms with E-state index in [1.807, 2.05) is 6.08 Å². The van der Waals surface area contributed by atoms with Crippen LogP contribution < -0.4 is 0 Å². The zero-order chi connectivity index (χ0) is 18.9. The summed E-state index contributed by atoms with van der Waals surface area (Å²) >= 11 is 0. The molecule has 0 aliphatic carbocycles. The average molecular weight is 354 g/mol. The highest BCUT2D eigenvalue weighted by Gasteiger charge is 2.42. The average Bonchev–Trinajstić information content (AvgIpc) is 2.58. The standard InChI is InChI=1S/C20H34O5/c1-5-16(11-10-15(4)21)9-8-12-20(7-3)14-17(6-2)18(24-25-20)13-19(22)23/h10-11,16-18H,5-9,12-14H2,1-4H3,(H,22,23). The van der Waals surface area contributed by atoms with Gasteiger partial charge in [0.25, 0.3) is 0 Å². The second-order valence-corrected chi connectivity index (χ2v) is 7.26. The lowest BCUT2D eigenvalue weighted by atomic mass is 9.79. The molecule has 1 fully saturated rings. The van der Waals surface area contributed by atoms with Gasteiger partial charge in [0.1, 0.15) is 11.7 Å². The van der Waals surface area contributed by atoms with Gasteiger partial charge < -0.3 is 5.11 Å². The highest BCUT2D eigenvalue weighted by molar-refractivity contribution is 5.87. The van der Waals surface area contributed by atoms with Crippen LogP contribution in [0.1, 0.15) is 79.1 Å². The molecular weight excluding hydrogens is 320 g/mol. The molecule has 0 amide bonds. The molecule has 1 N–H and O–H groups in total. The van der Waals surface area contributed by atoms with Gasteiger partial charge in [-0.2, -0.15) is 0 Å². The van der Waals surface area contributed by atoms with Crippen molar-refractivity contribution < 1.29 is 24.5 Å². The molecule has 0 spiro atoms. The molecule has 0 aromatic heterocycles. The molecule has 1 rings (SSSR count). The summed E-state index contributed by atoms with van der Waals surface area (Å²) in [6.07, 6.45) is 9.81. The van der Waals surface area contributed by atoms with Gasteiger partial charge in [-0.3, -0.25) is 9.59 Å².